The van der Waals surface area contributed by atoms with Crippen LogP contribution in [0.3, 0.4) is 0 Å². The Morgan fingerprint density at radius 3 is 2.79 bits per heavy atom. The van der Waals surface area contributed by atoms with Crippen molar-refractivity contribution in [2.24, 2.45) is 0 Å². The molecule has 1 aromatic carbocycles. The van der Waals surface area contributed by atoms with Crippen LogP contribution in [0.2, 0.25) is 0 Å². The number of hydrogen-bond donors (Lipinski definition) is 2. The van der Waals surface area contributed by atoms with Crippen LogP contribution in [0.15, 0.2) is 30.3 Å². The SMILES string of the molecule is C[C@H]1CN(C(=O)[C@@H]2C[C@@H](O)CN2)Cc2nnc(-c3ccccc3)n21. The van der Waals surface area contributed by atoms with Gasteiger partial charge in [-0.05, 0) is 13.3 Å². The van der Waals surface area contributed by atoms with E-state index < -0.39 is 6.10 Å². The van der Waals surface area contributed by atoms with Crippen molar-refractivity contribution in [2.75, 3.05) is 13.1 Å². The molecule has 1 aromatic heterocycles. The van der Waals surface area contributed by atoms with E-state index in [1.807, 2.05) is 35.2 Å². The van der Waals surface area contributed by atoms with Crippen molar-refractivity contribution in [3.63, 3.8) is 0 Å². The topological polar surface area (TPSA) is 83.3 Å². The minimum absolute atomic E-state index is 0.0360. The molecule has 24 heavy (non-hydrogen) atoms. The van der Waals surface area contributed by atoms with Crippen LogP contribution in [0, 0.1) is 0 Å². The van der Waals surface area contributed by atoms with Gasteiger partial charge in [-0.2, -0.15) is 0 Å². The lowest BCUT2D eigenvalue weighted by Gasteiger charge is -2.34. The van der Waals surface area contributed by atoms with Crippen molar-refractivity contribution < 1.29 is 9.90 Å². The fraction of sp³-hybridized carbons (Fsp3) is 0.471. The molecule has 4 rings (SSSR count). The van der Waals surface area contributed by atoms with Crippen LogP contribution in [0.1, 0.15) is 25.2 Å². The molecule has 2 aromatic rings. The van der Waals surface area contributed by atoms with Gasteiger partial charge in [-0.1, -0.05) is 30.3 Å². The Balaban J connectivity index is 1.58. The molecule has 0 saturated carbocycles. The molecule has 3 heterocycles. The Kier molecular flexibility index (Phi) is 3.82. The van der Waals surface area contributed by atoms with E-state index >= 15 is 0 Å². The molecule has 126 valence electrons. The quantitative estimate of drug-likeness (QED) is 0.843. The number of β-amino-alcohol motifs (C(OH)–C–C–N with tert-alkyl or cyclic N) is 1. The molecule has 7 heteroatoms. The molecule has 1 amide bonds. The van der Waals surface area contributed by atoms with E-state index in [2.05, 4.69) is 27.0 Å². The van der Waals surface area contributed by atoms with Gasteiger partial charge in [-0.3, -0.25) is 4.79 Å². The minimum Gasteiger partial charge on any atom is -0.392 e. The molecule has 0 aliphatic carbocycles. The van der Waals surface area contributed by atoms with Gasteiger partial charge >= 0.3 is 0 Å². The number of rotatable bonds is 2. The predicted octanol–water partition coefficient (Wildman–Crippen LogP) is 0.571. The predicted molar refractivity (Wildman–Crippen MR) is 88.0 cm³/mol. The Bertz CT molecular complexity index is 745. The molecule has 0 radical (unpaired) electrons. The molecule has 2 aliphatic rings. The van der Waals surface area contributed by atoms with Crippen LogP contribution >= 0.6 is 0 Å². The smallest absolute Gasteiger partial charge is 0.240 e. The van der Waals surface area contributed by atoms with Crippen molar-refractivity contribution >= 4 is 5.91 Å². The highest BCUT2D eigenvalue weighted by atomic mass is 16.3. The van der Waals surface area contributed by atoms with Crippen molar-refractivity contribution in [2.45, 2.75) is 38.1 Å². The van der Waals surface area contributed by atoms with Gasteiger partial charge in [0, 0.05) is 18.7 Å². The lowest BCUT2D eigenvalue weighted by Crippen LogP contribution is -2.47. The number of nitrogens with zero attached hydrogens (tertiary/aromatic N) is 4. The lowest BCUT2D eigenvalue weighted by molar-refractivity contribution is -0.135. The highest BCUT2D eigenvalue weighted by Crippen LogP contribution is 2.28. The van der Waals surface area contributed by atoms with Gasteiger partial charge in [0.2, 0.25) is 5.91 Å². The molecule has 0 bridgehead atoms. The number of amides is 1. The fourth-order valence-electron chi connectivity index (χ4n) is 3.61. The van der Waals surface area contributed by atoms with E-state index in [1.54, 1.807) is 0 Å². The molecular formula is C17H21N5O2. The molecule has 0 unspecified atom stereocenters. The van der Waals surface area contributed by atoms with Gasteiger partial charge in [-0.25, -0.2) is 0 Å². The first-order valence-corrected chi connectivity index (χ1v) is 8.33. The summed E-state index contributed by atoms with van der Waals surface area (Å²) in [6.07, 6.45) is 0.0422. The second-order valence-electron chi connectivity index (χ2n) is 6.59. The number of carbonyl (C=O) groups is 1. The zero-order chi connectivity index (χ0) is 16.7. The van der Waals surface area contributed by atoms with Crippen LogP contribution in [-0.2, 0) is 11.3 Å². The highest BCUT2D eigenvalue weighted by Gasteiger charge is 2.35. The van der Waals surface area contributed by atoms with Crippen LogP contribution in [0.4, 0.5) is 0 Å². The summed E-state index contributed by atoms with van der Waals surface area (Å²) in [4.78, 5) is 14.5. The van der Waals surface area contributed by atoms with Crippen molar-refractivity contribution in [1.82, 2.24) is 25.0 Å². The van der Waals surface area contributed by atoms with E-state index in [1.165, 1.54) is 0 Å². The molecule has 7 nitrogen and oxygen atoms in total. The second-order valence-corrected chi connectivity index (χ2v) is 6.59. The molecule has 3 atom stereocenters. The number of aromatic nitrogens is 3. The first kappa shape index (κ1) is 15.3. The third-order valence-electron chi connectivity index (χ3n) is 4.77. The van der Waals surface area contributed by atoms with E-state index in [-0.39, 0.29) is 18.0 Å². The highest BCUT2D eigenvalue weighted by molar-refractivity contribution is 5.82. The van der Waals surface area contributed by atoms with E-state index in [0.717, 1.165) is 17.2 Å². The zero-order valence-corrected chi connectivity index (χ0v) is 13.6. The maximum Gasteiger partial charge on any atom is 0.240 e. The van der Waals surface area contributed by atoms with E-state index in [9.17, 15) is 9.90 Å². The Labute approximate surface area is 140 Å². The number of benzene rings is 1. The number of aliphatic hydroxyl groups is 1. The number of aliphatic hydroxyl groups excluding tert-OH is 1. The van der Waals surface area contributed by atoms with Crippen molar-refractivity contribution in [3.8, 4) is 11.4 Å². The zero-order valence-electron chi connectivity index (χ0n) is 13.6. The van der Waals surface area contributed by atoms with Crippen molar-refractivity contribution in [1.29, 1.82) is 0 Å². The summed E-state index contributed by atoms with van der Waals surface area (Å²) in [7, 11) is 0. The summed E-state index contributed by atoms with van der Waals surface area (Å²) in [6, 6.07) is 9.79. The molecule has 2 aliphatic heterocycles. The van der Waals surface area contributed by atoms with Crippen LogP contribution < -0.4 is 5.32 Å². The fourth-order valence-corrected chi connectivity index (χ4v) is 3.61. The van der Waals surface area contributed by atoms with E-state index in [4.69, 9.17) is 0 Å². The maximum atomic E-state index is 12.7. The second kappa shape index (κ2) is 5.99. The third-order valence-corrected chi connectivity index (χ3v) is 4.77. The minimum atomic E-state index is -0.436. The summed E-state index contributed by atoms with van der Waals surface area (Å²) in [6.45, 7) is 3.64. The molecular weight excluding hydrogens is 306 g/mol. The first-order chi connectivity index (χ1) is 11.6. The van der Waals surface area contributed by atoms with Gasteiger partial charge in [0.1, 0.15) is 0 Å². The first-order valence-electron chi connectivity index (χ1n) is 8.33. The Morgan fingerprint density at radius 2 is 2.08 bits per heavy atom. The van der Waals surface area contributed by atoms with Gasteiger partial charge < -0.3 is 19.9 Å². The molecule has 1 fully saturated rings. The Hall–Kier alpha value is -2.25. The summed E-state index contributed by atoms with van der Waals surface area (Å²) in [5.74, 6) is 1.69. The summed E-state index contributed by atoms with van der Waals surface area (Å²) >= 11 is 0. The summed E-state index contributed by atoms with van der Waals surface area (Å²) in [5, 5.41) is 21.4. The van der Waals surface area contributed by atoms with Crippen molar-refractivity contribution in [3.05, 3.63) is 36.2 Å². The van der Waals surface area contributed by atoms with Crippen LogP contribution in [-0.4, -0.2) is 55.9 Å². The average molecular weight is 327 g/mol. The maximum absolute atomic E-state index is 12.7. The number of nitrogens with one attached hydrogen (secondary N) is 1. The standard InChI is InChI=1S/C17H21N5O2/c1-11-9-21(17(24)14-7-13(23)8-18-14)10-15-19-20-16(22(11)15)12-5-3-2-4-6-12/h2-6,11,13-14,18,23H,7-10H2,1H3/t11-,13+,14-/m0/s1. The summed E-state index contributed by atoms with van der Waals surface area (Å²) < 4.78 is 2.12. The van der Waals surface area contributed by atoms with E-state index in [0.29, 0.717) is 26.1 Å². The molecule has 1 saturated heterocycles. The average Bonchev–Trinajstić information content (AvgIpc) is 3.21. The largest absolute Gasteiger partial charge is 0.392 e. The third kappa shape index (κ3) is 2.59. The summed E-state index contributed by atoms with van der Waals surface area (Å²) in [5.41, 5.74) is 1.03. The Morgan fingerprint density at radius 1 is 1.29 bits per heavy atom. The number of hydrogen-bond acceptors (Lipinski definition) is 5. The monoisotopic (exact) mass is 327 g/mol. The number of fused-ring (bicyclic) bond motifs is 1. The van der Waals surface area contributed by atoms with Gasteiger partial charge in [0.05, 0.1) is 24.7 Å². The molecule has 2 N–H and O–H groups in total. The number of carbonyl (C=O) groups excluding carboxylic acids is 1. The van der Waals surface area contributed by atoms with Gasteiger partial charge in [-0.15, -0.1) is 10.2 Å². The van der Waals surface area contributed by atoms with Crippen LogP contribution in [0.25, 0.3) is 11.4 Å². The molecule has 0 spiro atoms. The van der Waals surface area contributed by atoms with Gasteiger partial charge in [0.25, 0.3) is 0 Å². The normalized spacial score (nSPS) is 26.4. The van der Waals surface area contributed by atoms with Crippen LogP contribution in [0.5, 0.6) is 0 Å². The lowest BCUT2D eigenvalue weighted by atomic mass is 10.1. The van der Waals surface area contributed by atoms with Gasteiger partial charge in [0.15, 0.2) is 11.6 Å².